The Morgan fingerprint density at radius 3 is 0.657 bits per heavy atom. The maximum Gasteiger partial charge on any atom is 0.187 e. The van der Waals surface area contributed by atoms with Crippen LogP contribution >= 0.6 is 0 Å². The molecule has 3 heterocycles. The van der Waals surface area contributed by atoms with Gasteiger partial charge in [-0.25, -0.2) is 59.4 Å². The topological polar surface area (TPSA) is 129 Å². The average Bonchev–Trinajstić information content (AvgIpc) is 1.58. The summed E-state index contributed by atoms with van der Waals surface area (Å²) in [6, 6.07) is 151. The maximum absolute atomic E-state index is 7.56. The molecule has 12 nitrogen and oxygen atoms in total. The van der Waals surface area contributed by atoms with Gasteiger partial charge in [-0.2, -0.15) is 0 Å². The van der Waals surface area contributed by atoms with Crippen LogP contribution < -0.4 is 0 Å². The smallest absolute Gasteiger partial charge is 0.187 e. The van der Waals surface area contributed by atoms with E-state index in [1.165, 1.54) is 66.4 Å². The average molecular weight is 1830 g/mol. The molecule has 0 unspecified atom stereocenters. The molecule has 3 aromatic heterocycles. The normalized spacial score (nSPS) is 12.7. The van der Waals surface area contributed by atoms with Crippen molar-refractivity contribution in [1.29, 1.82) is 0 Å². The molecule has 0 saturated carbocycles. The Hall–Kier alpha value is -18.8. The lowest BCUT2D eigenvalue weighted by Gasteiger charge is -2.21. The van der Waals surface area contributed by atoms with E-state index in [9.17, 15) is 0 Å². The number of hydrogen-bond acceptors (Lipinski definition) is 9. The molecule has 0 aliphatic heterocycles. The van der Waals surface area contributed by atoms with Crippen LogP contribution in [0.1, 0.15) is 74.9 Å². The van der Waals surface area contributed by atoms with Gasteiger partial charge in [-0.1, -0.05) is 430 Å². The molecule has 22 aromatic rings. The highest BCUT2D eigenvalue weighted by atomic mass is 15.1. The summed E-state index contributed by atoms with van der Waals surface area (Å²) in [5, 5.41) is 4.64. The van der Waals surface area contributed by atoms with E-state index >= 15 is 0 Å². The van der Waals surface area contributed by atoms with Crippen molar-refractivity contribution in [2.24, 2.45) is 0 Å². The standard InChI is InChI=1S/C45H30N4.2C43H30N4/c1-45(2)40-22-20-34(26-38(40)39-27-37(46-3)21-23-41(39)45)30-12-16-31(17-13-30)42-47-43(35-18-14-28-8-4-6-10-32(28)24-35)49-44(48-42)36-19-15-29-9-5-7-11-33(29)25-36;1-43(2)38-24-22-32(26-36(38)37-27-33(44-3)23-25-39(37)43)28-18-20-31(21-19-28)41-45-40(30-14-8-5-9-15-30)46-42(47-41)35-17-11-10-16-34(35)29-12-6-4-7-13-29;1-43(2)38-24-22-34(26-36(38)37-27-35(44-3)23-25-39(37)43)30-16-20-33(21-17-30)42-46-40(31-12-8-5-9-13-31)45-41(47-42)32-18-14-29(15-19-32)28-10-6-4-7-11-28/h4-27H,1-2H3;2*4-27H,1-2H3. The molecule has 0 saturated heterocycles. The van der Waals surface area contributed by atoms with Crippen molar-refractivity contribution >= 4 is 38.6 Å². The number of nitrogens with zero attached hydrogens (tertiary/aromatic N) is 12. The zero-order valence-electron chi connectivity index (χ0n) is 79.4. The Bertz CT molecular complexity index is 8810. The van der Waals surface area contributed by atoms with Crippen LogP contribution in [0.2, 0.25) is 0 Å². The van der Waals surface area contributed by atoms with Crippen LogP contribution in [0.5, 0.6) is 0 Å². The van der Waals surface area contributed by atoms with Crippen LogP contribution in [0.25, 0.3) is 228 Å². The fraction of sp³-hybridized carbons (Fsp3) is 0.0687. The monoisotopic (exact) mass is 1830 g/mol. The Labute approximate surface area is 831 Å². The van der Waals surface area contributed by atoms with Gasteiger partial charge in [0.15, 0.2) is 69.5 Å². The minimum Gasteiger partial charge on any atom is -0.238 e. The fourth-order valence-corrected chi connectivity index (χ4v) is 20.6. The molecule has 143 heavy (non-hydrogen) atoms. The second-order valence-electron chi connectivity index (χ2n) is 38.0. The third-order valence-corrected chi connectivity index (χ3v) is 28.3. The molecule has 12 heteroatoms. The van der Waals surface area contributed by atoms with Gasteiger partial charge in [0.25, 0.3) is 0 Å². The van der Waals surface area contributed by atoms with Gasteiger partial charge in [-0.3, -0.25) is 0 Å². The quantitative estimate of drug-likeness (QED) is 0.0977. The van der Waals surface area contributed by atoms with Crippen LogP contribution in [-0.4, -0.2) is 44.9 Å². The molecule has 25 rings (SSSR count). The first-order valence-corrected chi connectivity index (χ1v) is 47.9. The van der Waals surface area contributed by atoms with Gasteiger partial charge in [-0.05, 0) is 192 Å². The third kappa shape index (κ3) is 16.8. The number of fused-ring (bicyclic) bond motifs is 11. The lowest BCUT2D eigenvalue weighted by atomic mass is 9.82. The van der Waals surface area contributed by atoms with E-state index in [-0.39, 0.29) is 16.2 Å². The molecular weight excluding hydrogens is 1740 g/mol. The Balaban J connectivity index is 0.000000119. The third-order valence-electron chi connectivity index (χ3n) is 28.3. The first-order valence-electron chi connectivity index (χ1n) is 47.9. The number of rotatable bonds is 14. The minimum atomic E-state index is -0.113. The summed E-state index contributed by atoms with van der Waals surface area (Å²) in [6.45, 7) is 36.2. The number of benzene rings is 19. The van der Waals surface area contributed by atoms with Crippen LogP contribution in [0.15, 0.2) is 437 Å². The van der Waals surface area contributed by atoms with Gasteiger partial charge in [-0.15, -0.1) is 0 Å². The minimum absolute atomic E-state index is 0.109. The zero-order valence-corrected chi connectivity index (χ0v) is 79.4. The van der Waals surface area contributed by atoms with Crippen LogP contribution in [-0.2, 0) is 16.2 Å². The lowest BCUT2D eigenvalue weighted by Crippen LogP contribution is -2.14. The number of hydrogen-bond donors (Lipinski definition) is 0. The van der Waals surface area contributed by atoms with Crippen molar-refractivity contribution in [1.82, 2.24) is 44.9 Å². The van der Waals surface area contributed by atoms with Crippen molar-refractivity contribution < 1.29 is 0 Å². The van der Waals surface area contributed by atoms with Crippen molar-refractivity contribution in [2.45, 2.75) is 57.8 Å². The van der Waals surface area contributed by atoms with Gasteiger partial charge in [0.1, 0.15) is 0 Å². The molecule has 0 N–H and O–H groups in total. The Morgan fingerprint density at radius 2 is 0.350 bits per heavy atom. The Morgan fingerprint density at radius 1 is 0.147 bits per heavy atom. The summed E-state index contributed by atoms with van der Waals surface area (Å²) in [6.07, 6.45) is 0. The predicted molar refractivity (Wildman–Crippen MR) is 582 cm³/mol. The van der Waals surface area contributed by atoms with E-state index in [1.54, 1.807) is 0 Å². The van der Waals surface area contributed by atoms with E-state index in [1.807, 2.05) is 133 Å². The molecule has 0 bridgehead atoms. The molecule has 674 valence electrons. The van der Waals surface area contributed by atoms with Crippen molar-refractivity contribution in [3.8, 4) is 192 Å². The molecule has 0 radical (unpaired) electrons. The van der Waals surface area contributed by atoms with E-state index in [2.05, 4.69) is 359 Å². The van der Waals surface area contributed by atoms with E-state index < -0.39 is 0 Å². The lowest BCUT2D eigenvalue weighted by molar-refractivity contribution is 0.660. The first-order chi connectivity index (χ1) is 69.9. The Kier molecular flexibility index (Phi) is 22.6. The molecule has 0 spiro atoms. The van der Waals surface area contributed by atoms with Crippen LogP contribution in [0.3, 0.4) is 0 Å². The molecule has 3 aliphatic rings. The molecular formula is C131H90N12. The van der Waals surface area contributed by atoms with Gasteiger partial charge in [0.05, 0.1) is 19.7 Å². The second kappa shape index (κ2) is 36.6. The van der Waals surface area contributed by atoms with Gasteiger partial charge < -0.3 is 0 Å². The molecule has 3 aliphatic carbocycles. The summed E-state index contributed by atoms with van der Waals surface area (Å²) in [7, 11) is 0. The van der Waals surface area contributed by atoms with Gasteiger partial charge in [0.2, 0.25) is 0 Å². The fourth-order valence-electron chi connectivity index (χ4n) is 20.6. The van der Waals surface area contributed by atoms with Crippen LogP contribution in [0.4, 0.5) is 17.1 Å². The second-order valence-corrected chi connectivity index (χ2v) is 38.0. The summed E-state index contributed by atoms with van der Waals surface area (Å²) in [5.41, 5.74) is 36.0. The summed E-state index contributed by atoms with van der Waals surface area (Å²) < 4.78 is 0. The highest BCUT2D eigenvalue weighted by Gasteiger charge is 2.39. The van der Waals surface area contributed by atoms with Gasteiger partial charge >= 0.3 is 0 Å². The number of aromatic nitrogens is 9. The summed E-state index contributed by atoms with van der Waals surface area (Å²) in [4.78, 5) is 55.9. The molecule has 0 amide bonds. The maximum atomic E-state index is 7.56. The largest absolute Gasteiger partial charge is 0.238 e. The van der Waals surface area contributed by atoms with Gasteiger partial charge in [0, 0.05) is 66.3 Å². The van der Waals surface area contributed by atoms with Crippen molar-refractivity contribution in [3.05, 3.63) is 504 Å². The highest BCUT2D eigenvalue weighted by Crippen LogP contribution is 2.55. The predicted octanol–water partition coefficient (Wildman–Crippen LogP) is 33.8. The van der Waals surface area contributed by atoms with E-state index in [0.717, 1.165) is 128 Å². The van der Waals surface area contributed by atoms with E-state index in [4.69, 9.17) is 64.6 Å². The summed E-state index contributed by atoms with van der Waals surface area (Å²) >= 11 is 0. The molecule has 0 fully saturated rings. The van der Waals surface area contributed by atoms with Crippen LogP contribution in [0, 0.1) is 19.7 Å². The molecule has 19 aromatic carbocycles. The molecule has 0 atom stereocenters. The van der Waals surface area contributed by atoms with E-state index in [0.29, 0.717) is 69.5 Å². The summed E-state index contributed by atoms with van der Waals surface area (Å²) in [5.74, 6) is 5.71. The SMILES string of the molecule is [C-]#[N+]c1ccc2c(c1)-c1cc(-c3ccc(-c4nc(-c5ccc6ccccc6c5)nc(-c5ccc6ccccc6c5)n4)cc3)ccc1C2(C)C.[C-]#[N+]c1ccc2c(c1)-c1cc(-c3ccc(-c4nc(-c5ccccc5)nc(-c5ccc(-c6ccccc6)cc5)n4)cc3)ccc1C2(C)C.[C-]#[N+]c1ccc2c(c1)-c1cc(-c3ccc(-c4nc(-c5ccccc5)nc(-c5ccccc5-c5ccccc5)n4)cc3)ccc1C2(C)C. The first kappa shape index (κ1) is 88.2. The van der Waals surface area contributed by atoms with Crippen molar-refractivity contribution in [3.63, 3.8) is 0 Å². The zero-order chi connectivity index (χ0) is 97.0. The van der Waals surface area contributed by atoms with Crippen molar-refractivity contribution in [2.75, 3.05) is 0 Å². The highest BCUT2D eigenvalue weighted by molar-refractivity contribution is 5.94.